The van der Waals surface area contributed by atoms with Crippen LogP contribution >= 0.6 is 22.6 Å². The first-order valence-electron chi connectivity index (χ1n) is 4.24. The topological polar surface area (TPSA) is 46.5 Å². The lowest BCUT2D eigenvalue weighted by atomic mass is 10.2. The Labute approximate surface area is 102 Å². The molecule has 0 atom stereocenters. The predicted molar refractivity (Wildman–Crippen MR) is 65.1 cm³/mol. The van der Waals surface area contributed by atoms with E-state index in [1.165, 1.54) is 0 Å². The van der Waals surface area contributed by atoms with E-state index in [4.69, 9.17) is 16.3 Å². The summed E-state index contributed by atoms with van der Waals surface area (Å²) in [5.74, 6) is 1.79. The Morgan fingerprint density at radius 3 is 2.93 bits per heavy atom. The Morgan fingerprint density at radius 1 is 1.60 bits per heavy atom. The third-order valence-electron chi connectivity index (χ3n) is 1.68. The molecule has 1 rings (SSSR count). The van der Waals surface area contributed by atoms with Crippen LogP contribution in [0.4, 0.5) is 0 Å². The molecule has 0 heterocycles. The van der Waals surface area contributed by atoms with Gasteiger partial charge in [0.05, 0.1) is 6.61 Å². The highest BCUT2D eigenvalue weighted by molar-refractivity contribution is 14.1. The van der Waals surface area contributed by atoms with Gasteiger partial charge in [0.25, 0.3) is 0 Å². The lowest BCUT2D eigenvalue weighted by molar-refractivity contribution is 0.0692. The Hall–Kier alpha value is -1.22. The highest BCUT2D eigenvalue weighted by atomic mass is 127. The van der Waals surface area contributed by atoms with Gasteiger partial charge in [-0.2, -0.15) is 0 Å². The smallest absolute Gasteiger partial charge is 0.339 e. The molecule has 0 bridgehead atoms. The van der Waals surface area contributed by atoms with Gasteiger partial charge in [0, 0.05) is 9.99 Å². The van der Waals surface area contributed by atoms with Crippen LogP contribution in [-0.2, 0) is 0 Å². The first-order chi connectivity index (χ1) is 7.15. The maximum absolute atomic E-state index is 10.9. The molecule has 0 aliphatic heterocycles. The van der Waals surface area contributed by atoms with Crippen molar-refractivity contribution in [2.45, 2.75) is 6.42 Å². The van der Waals surface area contributed by atoms with Gasteiger partial charge in [-0.05, 0) is 40.8 Å². The van der Waals surface area contributed by atoms with Crippen LogP contribution in [0.15, 0.2) is 18.2 Å². The number of hydrogen-bond acceptors (Lipinski definition) is 2. The van der Waals surface area contributed by atoms with E-state index in [2.05, 4.69) is 5.92 Å². The maximum Gasteiger partial charge on any atom is 0.339 e. The minimum absolute atomic E-state index is 0.166. The molecule has 0 unspecified atom stereocenters. The van der Waals surface area contributed by atoms with Crippen molar-refractivity contribution >= 4 is 28.6 Å². The van der Waals surface area contributed by atoms with Crippen LogP contribution in [-0.4, -0.2) is 17.7 Å². The number of halogens is 1. The molecule has 0 spiro atoms. The van der Waals surface area contributed by atoms with E-state index in [0.717, 1.165) is 3.57 Å². The molecule has 0 aromatic heterocycles. The number of terminal acetylenes is 1. The molecule has 0 radical (unpaired) electrons. The van der Waals surface area contributed by atoms with Crippen LogP contribution in [0, 0.1) is 15.9 Å². The van der Waals surface area contributed by atoms with E-state index in [1.807, 2.05) is 22.6 Å². The van der Waals surface area contributed by atoms with Crippen molar-refractivity contribution in [2.24, 2.45) is 0 Å². The van der Waals surface area contributed by atoms with Crippen LogP contribution in [0.2, 0.25) is 0 Å². The zero-order valence-corrected chi connectivity index (χ0v) is 10.0. The van der Waals surface area contributed by atoms with E-state index < -0.39 is 5.97 Å². The van der Waals surface area contributed by atoms with Crippen LogP contribution in [0.5, 0.6) is 5.75 Å². The summed E-state index contributed by atoms with van der Waals surface area (Å²) in [4.78, 5) is 10.9. The maximum atomic E-state index is 10.9. The number of carbonyl (C=O) groups is 1. The quantitative estimate of drug-likeness (QED) is 0.527. The van der Waals surface area contributed by atoms with E-state index in [9.17, 15) is 4.79 Å². The largest absolute Gasteiger partial charge is 0.492 e. The normalized spacial score (nSPS) is 9.33. The Morgan fingerprint density at radius 2 is 2.33 bits per heavy atom. The fraction of sp³-hybridized carbons (Fsp3) is 0.182. The molecule has 78 valence electrons. The molecule has 1 aromatic rings. The second-order valence-corrected chi connectivity index (χ2v) is 3.99. The lowest BCUT2D eigenvalue weighted by Crippen LogP contribution is -2.04. The number of rotatable bonds is 4. The highest BCUT2D eigenvalue weighted by Crippen LogP contribution is 2.21. The van der Waals surface area contributed by atoms with Crippen LogP contribution < -0.4 is 4.74 Å². The number of carboxylic acids is 1. The van der Waals surface area contributed by atoms with E-state index in [0.29, 0.717) is 18.8 Å². The number of carboxylic acid groups (broad SMARTS) is 1. The summed E-state index contributed by atoms with van der Waals surface area (Å²) in [7, 11) is 0. The number of ether oxygens (including phenoxy) is 1. The molecule has 1 aromatic carbocycles. The van der Waals surface area contributed by atoms with E-state index in [-0.39, 0.29) is 5.56 Å². The van der Waals surface area contributed by atoms with Gasteiger partial charge in [0.1, 0.15) is 11.3 Å². The zero-order chi connectivity index (χ0) is 11.3. The van der Waals surface area contributed by atoms with Gasteiger partial charge in [-0.3, -0.25) is 0 Å². The van der Waals surface area contributed by atoms with Crippen molar-refractivity contribution in [3.05, 3.63) is 27.3 Å². The van der Waals surface area contributed by atoms with Crippen molar-refractivity contribution in [2.75, 3.05) is 6.61 Å². The van der Waals surface area contributed by atoms with Gasteiger partial charge in [0.15, 0.2) is 0 Å². The fourth-order valence-electron chi connectivity index (χ4n) is 1.02. The summed E-state index contributed by atoms with van der Waals surface area (Å²) < 4.78 is 6.12. The van der Waals surface area contributed by atoms with Crippen LogP contribution in [0.25, 0.3) is 0 Å². The number of aromatic carboxylic acids is 1. The summed E-state index contributed by atoms with van der Waals surface area (Å²) in [6.07, 6.45) is 5.53. The Balaban J connectivity index is 2.87. The first kappa shape index (κ1) is 11.9. The van der Waals surface area contributed by atoms with Crippen LogP contribution in [0.3, 0.4) is 0 Å². The van der Waals surface area contributed by atoms with Crippen molar-refractivity contribution in [1.82, 2.24) is 0 Å². The van der Waals surface area contributed by atoms with Crippen molar-refractivity contribution < 1.29 is 14.6 Å². The van der Waals surface area contributed by atoms with Crippen molar-refractivity contribution in [1.29, 1.82) is 0 Å². The minimum atomic E-state index is -0.996. The number of hydrogen-bond donors (Lipinski definition) is 1. The molecule has 0 fully saturated rings. The molecule has 0 saturated carbocycles. The summed E-state index contributed by atoms with van der Waals surface area (Å²) >= 11 is 2.05. The molecule has 3 nitrogen and oxygen atoms in total. The monoisotopic (exact) mass is 316 g/mol. The average molecular weight is 316 g/mol. The summed E-state index contributed by atoms with van der Waals surface area (Å²) in [5, 5.41) is 8.92. The molecule has 1 N–H and O–H groups in total. The zero-order valence-electron chi connectivity index (χ0n) is 7.87. The molecule has 0 amide bonds. The summed E-state index contributed by atoms with van der Waals surface area (Å²) in [5.41, 5.74) is 0.166. The lowest BCUT2D eigenvalue weighted by Gasteiger charge is -2.07. The second-order valence-electron chi connectivity index (χ2n) is 2.75. The summed E-state index contributed by atoms with van der Waals surface area (Å²) in [6, 6.07) is 4.99. The van der Waals surface area contributed by atoms with Gasteiger partial charge < -0.3 is 9.84 Å². The fourth-order valence-corrected chi connectivity index (χ4v) is 1.51. The average Bonchev–Trinajstić information content (AvgIpc) is 2.20. The highest BCUT2D eigenvalue weighted by Gasteiger charge is 2.11. The third kappa shape index (κ3) is 3.44. The minimum Gasteiger partial charge on any atom is -0.492 e. The third-order valence-corrected chi connectivity index (χ3v) is 2.35. The van der Waals surface area contributed by atoms with Crippen LogP contribution in [0.1, 0.15) is 16.8 Å². The van der Waals surface area contributed by atoms with Crippen molar-refractivity contribution in [3.63, 3.8) is 0 Å². The molecular weight excluding hydrogens is 307 g/mol. The molecule has 0 aliphatic rings. The Bertz CT molecular complexity index is 407. The molecule has 4 heteroatoms. The van der Waals surface area contributed by atoms with Gasteiger partial charge >= 0.3 is 5.97 Å². The first-order valence-corrected chi connectivity index (χ1v) is 5.32. The Kier molecular flexibility index (Phi) is 4.43. The van der Waals surface area contributed by atoms with E-state index >= 15 is 0 Å². The molecule has 0 saturated heterocycles. The molecule has 15 heavy (non-hydrogen) atoms. The van der Waals surface area contributed by atoms with Gasteiger partial charge in [0.2, 0.25) is 0 Å². The van der Waals surface area contributed by atoms with Gasteiger partial charge in [-0.25, -0.2) is 4.79 Å². The number of benzene rings is 1. The summed E-state index contributed by atoms with van der Waals surface area (Å²) in [6.45, 7) is 0.331. The van der Waals surface area contributed by atoms with E-state index in [1.54, 1.807) is 18.2 Å². The van der Waals surface area contributed by atoms with Gasteiger partial charge in [-0.15, -0.1) is 12.3 Å². The molecular formula is C11H9IO3. The SMILES string of the molecule is C#CCCOc1ccc(I)cc1C(=O)O. The standard InChI is InChI=1S/C11H9IO3/c1-2-3-6-15-10-5-4-8(12)7-9(10)11(13)14/h1,4-5,7H,3,6H2,(H,13,14). The second kappa shape index (κ2) is 5.61. The predicted octanol–water partition coefficient (Wildman–Crippen LogP) is 2.39. The van der Waals surface area contributed by atoms with Crippen molar-refractivity contribution in [3.8, 4) is 18.1 Å². The van der Waals surface area contributed by atoms with Gasteiger partial charge in [-0.1, -0.05) is 0 Å². The molecule has 0 aliphatic carbocycles.